The molecule has 1 heterocycles. The summed E-state index contributed by atoms with van der Waals surface area (Å²) in [5, 5.41) is 12.4. The summed E-state index contributed by atoms with van der Waals surface area (Å²) >= 11 is 0. The summed E-state index contributed by atoms with van der Waals surface area (Å²) in [5.41, 5.74) is 1.33. The molecule has 0 aliphatic carbocycles. The topological polar surface area (TPSA) is 58.6 Å². The van der Waals surface area contributed by atoms with Crippen molar-refractivity contribution in [2.75, 3.05) is 19.7 Å². The van der Waals surface area contributed by atoms with Crippen LogP contribution in [0.1, 0.15) is 28.3 Å². The van der Waals surface area contributed by atoms with Crippen molar-refractivity contribution in [1.82, 2.24) is 5.32 Å². The Labute approximate surface area is 152 Å². The third-order valence-corrected chi connectivity index (χ3v) is 4.45. The van der Waals surface area contributed by atoms with E-state index in [4.69, 9.17) is 9.84 Å². The zero-order valence-electron chi connectivity index (χ0n) is 13.7. The van der Waals surface area contributed by atoms with E-state index in [2.05, 4.69) is 5.32 Å². The fourth-order valence-corrected chi connectivity index (χ4v) is 3.17. The lowest BCUT2D eigenvalue weighted by molar-refractivity contribution is 0.0696. The fourth-order valence-electron chi connectivity index (χ4n) is 3.17. The summed E-state index contributed by atoms with van der Waals surface area (Å²) in [5.74, 6) is -0.0968. The summed E-state index contributed by atoms with van der Waals surface area (Å²) in [4.78, 5) is 11.0. The van der Waals surface area contributed by atoms with Crippen LogP contribution in [-0.2, 0) is 0 Å². The van der Waals surface area contributed by atoms with Gasteiger partial charge in [0, 0.05) is 12.5 Å². The van der Waals surface area contributed by atoms with Crippen molar-refractivity contribution in [1.29, 1.82) is 0 Å². The molecule has 25 heavy (non-hydrogen) atoms. The maximum atomic E-state index is 13.1. The molecule has 0 saturated carbocycles. The summed E-state index contributed by atoms with van der Waals surface area (Å²) in [6.45, 7) is 2.23. The highest BCUT2D eigenvalue weighted by Crippen LogP contribution is 2.31. The number of carboxylic acids is 1. The van der Waals surface area contributed by atoms with Crippen LogP contribution in [0.15, 0.2) is 48.5 Å². The van der Waals surface area contributed by atoms with Gasteiger partial charge in [0.1, 0.15) is 11.6 Å². The van der Waals surface area contributed by atoms with Crippen molar-refractivity contribution in [2.45, 2.75) is 12.3 Å². The smallest absolute Gasteiger partial charge is 0.335 e. The molecule has 0 radical (unpaired) electrons. The van der Waals surface area contributed by atoms with Crippen LogP contribution in [-0.4, -0.2) is 30.8 Å². The number of hydrogen-bond acceptors (Lipinski definition) is 3. The van der Waals surface area contributed by atoms with Crippen LogP contribution in [0.25, 0.3) is 0 Å². The largest absolute Gasteiger partial charge is 0.493 e. The van der Waals surface area contributed by atoms with Crippen LogP contribution in [0.4, 0.5) is 4.39 Å². The number of ether oxygens (including phenoxy) is 1. The molecule has 2 atom stereocenters. The molecule has 2 aromatic carbocycles. The van der Waals surface area contributed by atoms with Crippen LogP contribution in [0, 0.1) is 11.7 Å². The van der Waals surface area contributed by atoms with E-state index in [9.17, 15) is 9.18 Å². The molecule has 1 fully saturated rings. The third-order valence-electron chi connectivity index (χ3n) is 4.45. The van der Waals surface area contributed by atoms with E-state index in [0.29, 0.717) is 18.3 Å². The van der Waals surface area contributed by atoms with E-state index in [1.54, 1.807) is 18.2 Å². The molecule has 2 aromatic rings. The van der Waals surface area contributed by atoms with Crippen molar-refractivity contribution in [3.63, 3.8) is 0 Å². The van der Waals surface area contributed by atoms with Crippen molar-refractivity contribution >= 4 is 18.4 Å². The lowest BCUT2D eigenvalue weighted by Gasteiger charge is -2.32. The standard InChI is InChI=1S/C19H20FNO3.ClH/c20-16-6-4-13(5-7-16)18-8-9-21-11-15(18)12-24-17-3-1-2-14(10-17)19(22)23;/h1-7,10,15,18,21H,8-9,11-12H2,(H,22,23);1H/t15-,18-;/m0./s1. The van der Waals surface area contributed by atoms with Crippen LogP contribution < -0.4 is 10.1 Å². The van der Waals surface area contributed by atoms with Crippen molar-refractivity contribution < 1.29 is 19.0 Å². The first-order chi connectivity index (χ1) is 11.6. The number of carbonyl (C=O) groups is 1. The van der Waals surface area contributed by atoms with Gasteiger partial charge in [0.25, 0.3) is 0 Å². The maximum absolute atomic E-state index is 13.1. The average molecular weight is 366 g/mol. The van der Waals surface area contributed by atoms with Crippen LogP contribution in [0.3, 0.4) is 0 Å². The van der Waals surface area contributed by atoms with Gasteiger partial charge in [0.05, 0.1) is 12.2 Å². The van der Waals surface area contributed by atoms with Gasteiger partial charge in [0.15, 0.2) is 0 Å². The second-order valence-corrected chi connectivity index (χ2v) is 6.05. The molecule has 4 nitrogen and oxygen atoms in total. The first kappa shape index (κ1) is 19.2. The molecule has 0 bridgehead atoms. The minimum atomic E-state index is -0.969. The molecule has 1 saturated heterocycles. The number of halogens is 2. The molecule has 1 aliphatic heterocycles. The third kappa shape index (κ3) is 4.94. The van der Waals surface area contributed by atoms with E-state index < -0.39 is 5.97 Å². The van der Waals surface area contributed by atoms with E-state index in [1.807, 2.05) is 12.1 Å². The highest BCUT2D eigenvalue weighted by molar-refractivity contribution is 5.88. The summed E-state index contributed by atoms with van der Waals surface area (Å²) < 4.78 is 19.0. The Morgan fingerprint density at radius 3 is 2.72 bits per heavy atom. The Morgan fingerprint density at radius 1 is 1.24 bits per heavy atom. The molecule has 3 rings (SSSR count). The molecule has 1 aliphatic rings. The van der Waals surface area contributed by atoms with Gasteiger partial charge in [-0.3, -0.25) is 0 Å². The summed E-state index contributed by atoms with van der Waals surface area (Å²) in [6, 6.07) is 13.2. The minimum Gasteiger partial charge on any atom is -0.493 e. The SMILES string of the molecule is Cl.O=C(O)c1cccc(OC[C@@H]2CNCC[C@H]2c2ccc(F)cc2)c1. The first-order valence-electron chi connectivity index (χ1n) is 8.06. The van der Waals surface area contributed by atoms with Gasteiger partial charge in [0.2, 0.25) is 0 Å². The number of aromatic carboxylic acids is 1. The van der Waals surface area contributed by atoms with E-state index in [-0.39, 0.29) is 29.7 Å². The fraction of sp³-hybridized carbons (Fsp3) is 0.316. The number of nitrogens with one attached hydrogen (secondary N) is 1. The lowest BCUT2D eigenvalue weighted by Crippen LogP contribution is -2.38. The molecular weight excluding hydrogens is 345 g/mol. The normalized spacial score (nSPS) is 19.7. The Morgan fingerprint density at radius 2 is 2.00 bits per heavy atom. The molecule has 0 amide bonds. The monoisotopic (exact) mass is 365 g/mol. The Hall–Kier alpha value is -2.11. The number of rotatable bonds is 5. The van der Waals surface area contributed by atoms with E-state index in [1.165, 1.54) is 18.2 Å². The van der Waals surface area contributed by atoms with Crippen LogP contribution in [0.2, 0.25) is 0 Å². The molecular formula is C19H21ClFNO3. The zero-order chi connectivity index (χ0) is 16.9. The van der Waals surface area contributed by atoms with Crippen LogP contribution >= 0.6 is 12.4 Å². The molecule has 2 N–H and O–H groups in total. The van der Waals surface area contributed by atoms with Gasteiger partial charge in [-0.2, -0.15) is 0 Å². The van der Waals surface area contributed by atoms with Crippen molar-refractivity contribution in [3.05, 3.63) is 65.5 Å². The second kappa shape index (κ2) is 8.83. The van der Waals surface area contributed by atoms with Gasteiger partial charge in [-0.15, -0.1) is 12.4 Å². The zero-order valence-corrected chi connectivity index (χ0v) is 14.5. The average Bonchev–Trinajstić information content (AvgIpc) is 2.61. The van der Waals surface area contributed by atoms with Gasteiger partial charge in [-0.05, 0) is 54.8 Å². The molecule has 134 valence electrons. The number of hydrogen-bond donors (Lipinski definition) is 2. The second-order valence-electron chi connectivity index (χ2n) is 6.05. The quantitative estimate of drug-likeness (QED) is 0.847. The summed E-state index contributed by atoms with van der Waals surface area (Å²) in [7, 11) is 0. The Kier molecular flexibility index (Phi) is 6.79. The number of carboxylic acid groups (broad SMARTS) is 1. The number of benzene rings is 2. The summed E-state index contributed by atoms with van der Waals surface area (Å²) in [6.07, 6.45) is 0.967. The van der Waals surface area contributed by atoms with E-state index >= 15 is 0 Å². The molecule has 0 spiro atoms. The first-order valence-corrected chi connectivity index (χ1v) is 8.06. The van der Waals surface area contributed by atoms with Crippen LogP contribution in [0.5, 0.6) is 5.75 Å². The number of piperidine rings is 1. The highest BCUT2D eigenvalue weighted by atomic mass is 35.5. The molecule has 0 aromatic heterocycles. The predicted molar refractivity (Wildman–Crippen MR) is 96.3 cm³/mol. The van der Waals surface area contributed by atoms with Gasteiger partial charge < -0.3 is 15.2 Å². The van der Waals surface area contributed by atoms with E-state index in [0.717, 1.165) is 25.1 Å². The van der Waals surface area contributed by atoms with Gasteiger partial charge >= 0.3 is 5.97 Å². The molecule has 6 heteroatoms. The van der Waals surface area contributed by atoms with Gasteiger partial charge in [-0.1, -0.05) is 18.2 Å². The molecule has 0 unspecified atom stereocenters. The predicted octanol–water partition coefficient (Wildman–Crippen LogP) is 3.72. The lowest BCUT2D eigenvalue weighted by atomic mass is 9.81. The Bertz CT molecular complexity index is 708. The van der Waals surface area contributed by atoms with Gasteiger partial charge in [-0.25, -0.2) is 9.18 Å². The van der Waals surface area contributed by atoms with Crippen molar-refractivity contribution in [2.24, 2.45) is 5.92 Å². The highest BCUT2D eigenvalue weighted by Gasteiger charge is 2.27. The van der Waals surface area contributed by atoms with Crippen molar-refractivity contribution in [3.8, 4) is 5.75 Å². The minimum absolute atomic E-state index is 0. The maximum Gasteiger partial charge on any atom is 0.335 e. The Balaban J connectivity index is 0.00000225.